The minimum absolute atomic E-state index is 0.140. The van der Waals surface area contributed by atoms with Gasteiger partial charge in [0.05, 0.1) is 6.04 Å². The number of urea groups is 1. The zero-order valence-corrected chi connectivity index (χ0v) is 16.2. The Labute approximate surface area is 162 Å². The highest BCUT2D eigenvalue weighted by Crippen LogP contribution is 2.25. The molecule has 2 aromatic rings. The van der Waals surface area contributed by atoms with Gasteiger partial charge in [0.15, 0.2) is 0 Å². The molecule has 2 atom stereocenters. The smallest absolute Gasteiger partial charge is 0.325 e. The lowest BCUT2D eigenvalue weighted by Gasteiger charge is -2.22. The Balaban J connectivity index is 1.62. The van der Waals surface area contributed by atoms with Crippen LogP contribution in [0.25, 0.3) is 0 Å². The van der Waals surface area contributed by atoms with Crippen molar-refractivity contribution in [2.24, 2.45) is 5.92 Å². The monoisotopic (exact) mass is 385 g/mol. The maximum absolute atomic E-state index is 12.6. The fourth-order valence-electron chi connectivity index (χ4n) is 3.11. The van der Waals surface area contributed by atoms with Crippen molar-refractivity contribution in [1.29, 1.82) is 0 Å². The summed E-state index contributed by atoms with van der Waals surface area (Å²) >= 11 is 1.57. The summed E-state index contributed by atoms with van der Waals surface area (Å²) in [6.07, 6.45) is 0.410. The Morgan fingerprint density at radius 1 is 1.19 bits per heavy atom. The van der Waals surface area contributed by atoms with E-state index < -0.39 is 12.1 Å². The average molecular weight is 385 g/mol. The van der Waals surface area contributed by atoms with Gasteiger partial charge in [0, 0.05) is 11.3 Å². The van der Waals surface area contributed by atoms with E-state index in [-0.39, 0.29) is 30.3 Å². The van der Waals surface area contributed by atoms with Crippen LogP contribution in [0.3, 0.4) is 0 Å². The van der Waals surface area contributed by atoms with Crippen molar-refractivity contribution in [3.8, 4) is 0 Å². The minimum Gasteiger partial charge on any atom is -0.347 e. The molecule has 4 amide bonds. The van der Waals surface area contributed by atoms with E-state index in [1.807, 2.05) is 61.7 Å². The molecular formula is C20H23N3O3S. The number of rotatable bonds is 7. The topological polar surface area (TPSA) is 78.5 Å². The van der Waals surface area contributed by atoms with Crippen molar-refractivity contribution < 1.29 is 14.4 Å². The first-order valence-corrected chi connectivity index (χ1v) is 9.82. The van der Waals surface area contributed by atoms with Crippen LogP contribution in [0.15, 0.2) is 47.8 Å². The molecule has 0 bridgehead atoms. The largest absolute Gasteiger partial charge is 0.347 e. The van der Waals surface area contributed by atoms with Gasteiger partial charge in [-0.2, -0.15) is 0 Å². The molecule has 3 rings (SSSR count). The second-order valence-corrected chi connectivity index (χ2v) is 7.90. The first-order valence-electron chi connectivity index (χ1n) is 8.94. The molecule has 1 aromatic carbocycles. The molecule has 27 heavy (non-hydrogen) atoms. The van der Waals surface area contributed by atoms with Crippen molar-refractivity contribution in [2.75, 3.05) is 6.54 Å². The predicted molar refractivity (Wildman–Crippen MR) is 104 cm³/mol. The van der Waals surface area contributed by atoms with Crippen LogP contribution in [0.2, 0.25) is 0 Å². The average Bonchev–Trinajstić information content (AvgIpc) is 3.25. The standard InChI is InChI=1S/C20H23N3O3S/c1-13(2)18(16-9-6-10-27-16)22-17(24)12-23-19(25)15(21-20(23)26)11-14-7-4-3-5-8-14/h3-10,13,15,18H,11-12H2,1-2H3,(H,21,26)(H,22,24)/t15-,18-/m1/s1. The number of nitrogens with zero attached hydrogens (tertiary/aromatic N) is 1. The maximum Gasteiger partial charge on any atom is 0.325 e. The Kier molecular flexibility index (Phi) is 5.91. The third kappa shape index (κ3) is 4.54. The number of benzene rings is 1. The highest BCUT2D eigenvalue weighted by Gasteiger charge is 2.39. The quantitative estimate of drug-likeness (QED) is 0.720. The van der Waals surface area contributed by atoms with Gasteiger partial charge in [-0.25, -0.2) is 4.79 Å². The summed E-state index contributed by atoms with van der Waals surface area (Å²) in [5.74, 6) is -0.510. The summed E-state index contributed by atoms with van der Waals surface area (Å²) in [6, 6.07) is 12.1. The fraction of sp³-hybridized carbons (Fsp3) is 0.350. The van der Waals surface area contributed by atoms with Gasteiger partial charge >= 0.3 is 6.03 Å². The second kappa shape index (κ2) is 8.35. The van der Waals surface area contributed by atoms with E-state index in [1.54, 1.807) is 11.3 Å². The number of hydrogen-bond donors (Lipinski definition) is 2. The van der Waals surface area contributed by atoms with E-state index in [9.17, 15) is 14.4 Å². The molecule has 0 aliphatic carbocycles. The predicted octanol–water partition coefficient (Wildman–Crippen LogP) is 2.72. The minimum atomic E-state index is -0.633. The third-order valence-electron chi connectivity index (χ3n) is 4.52. The molecule has 1 aromatic heterocycles. The van der Waals surface area contributed by atoms with Gasteiger partial charge in [0.1, 0.15) is 12.6 Å². The van der Waals surface area contributed by atoms with Gasteiger partial charge in [0.2, 0.25) is 5.91 Å². The molecule has 1 aliphatic rings. The highest BCUT2D eigenvalue weighted by atomic mass is 32.1. The molecule has 7 heteroatoms. The molecule has 1 aliphatic heterocycles. The SMILES string of the molecule is CC(C)[C@@H](NC(=O)CN1C(=O)N[C@H](Cc2ccccc2)C1=O)c1cccs1. The van der Waals surface area contributed by atoms with E-state index in [2.05, 4.69) is 10.6 Å². The lowest BCUT2D eigenvalue weighted by atomic mass is 10.0. The summed E-state index contributed by atoms with van der Waals surface area (Å²) in [5, 5.41) is 7.58. The number of imide groups is 1. The van der Waals surface area contributed by atoms with Crippen LogP contribution in [0.1, 0.15) is 30.3 Å². The van der Waals surface area contributed by atoms with Crippen molar-refractivity contribution in [1.82, 2.24) is 15.5 Å². The molecule has 0 radical (unpaired) electrons. The second-order valence-electron chi connectivity index (χ2n) is 6.92. The highest BCUT2D eigenvalue weighted by molar-refractivity contribution is 7.10. The number of nitrogens with one attached hydrogen (secondary N) is 2. The Morgan fingerprint density at radius 3 is 2.56 bits per heavy atom. The summed E-state index contributed by atoms with van der Waals surface area (Å²) in [5.41, 5.74) is 0.958. The fourth-order valence-corrected chi connectivity index (χ4v) is 4.06. The Morgan fingerprint density at radius 2 is 1.93 bits per heavy atom. The molecule has 6 nitrogen and oxygen atoms in total. The van der Waals surface area contributed by atoms with E-state index in [4.69, 9.17) is 0 Å². The van der Waals surface area contributed by atoms with Gasteiger partial charge < -0.3 is 10.6 Å². The normalized spacial score (nSPS) is 17.9. The zero-order chi connectivity index (χ0) is 19.4. The van der Waals surface area contributed by atoms with Crippen LogP contribution in [0, 0.1) is 5.92 Å². The van der Waals surface area contributed by atoms with E-state index in [0.29, 0.717) is 6.42 Å². The molecule has 2 heterocycles. The maximum atomic E-state index is 12.6. The van der Waals surface area contributed by atoms with Crippen molar-refractivity contribution >= 4 is 29.2 Å². The van der Waals surface area contributed by atoms with Gasteiger partial charge in [-0.1, -0.05) is 50.2 Å². The summed E-state index contributed by atoms with van der Waals surface area (Å²) in [6.45, 7) is 3.77. The number of thiophene rings is 1. The molecule has 0 saturated carbocycles. The van der Waals surface area contributed by atoms with Gasteiger partial charge in [-0.05, 0) is 22.9 Å². The first kappa shape index (κ1) is 19.1. The van der Waals surface area contributed by atoms with E-state index >= 15 is 0 Å². The van der Waals surface area contributed by atoms with Crippen LogP contribution in [0.5, 0.6) is 0 Å². The number of amides is 4. The first-order chi connectivity index (χ1) is 13.0. The van der Waals surface area contributed by atoms with E-state index in [1.165, 1.54) is 0 Å². The van der Waals surface area contributed by atoms with Gasteiger partial charge in [-0.3, -0.25) is 14.5 Å². The molecule has 1 fully saturated rings. The van der Waals surface area contributed by atoms with Gasteiger partial charge in [-0.15, -0.1) is 11.3 Å². The Hall–Kier alpha value is -2.67. The van der Waals surface area contributed by atoms with E-state index in [0.717, 1.165) is 15.3 Å². The van der Waals surface area contributed by atoms with Crippen LogP contribution in [-0.4, -0.2) is 35.3 Å². The summed E-state index contributed by atoms with van der Waals surface area (Å²) in [7, 11) is 0. The number of hydrogen-bond acceptors (Lipinski definition) is 4. The number of carbonyl (C=O) groups excluding carboxylic acids is 3. The van der Waals surface area contributed by atoms with Crippen molar-refractivity contribution in [3.63, 3.8) is 0 Å². The molecule has 142 valence electrons. The van der Waals surface area contributed by atoms with Crippen LogP contribution in [-0.2, 0) is 16.0 Å². The van der Waals surface area contributed by atoms with Crippen LogP contribution >= 0.6 is 11.3 Å². The zero-order valence-electron chi connectivity index (χ0n) is 15.3. The third-order valence-corrected chi connectivity index (χ3v) is 5.48. The molecule has 2 N–H and O–H groups in total. The lowest BCUT2D eigenvalue weighted by Crippen LogP contribution is -2.43. The molecule has 1 saturated heterocycles. The summed E-state index contributed by atoms with van der Waals surface area (Å²) < 4.78 is 0. The Bertz CT molecular complexity index is 805. The molecular weight excluding hydrogens is 362 g/mol. The van der Waals surface area contributed by atoms with Gasteiger partial charge in [0.25, 0.3) is 5.91 Å². The summed E-state index contributed by atoms with van der Waals surface area (Å²) in [4.78, 5) is 39.3. The van der Waals surface area contributed by atoms with Crippen molar-refractivity contribution in [2.45, 2.75) is 32.4 Å². The molecule has 0 unspecified atom stereocenters. The molecule has 0 spiro atoms. The van der Waals surface area contributed by atoms with Crippen LogP contribution < -0.4 is 10.6 Å². The van der Waals surface area contributed by atoms with Crippen LogP contribution in [0.4, 0.5) is 4.79 Å². The van der Waals surface area contributed by atoms with Crippen molar-refractivity contribution in [3.05, 3.63) is 58.3 Å². The lowest BCUT2D eigenvalue weighted by molar-refractivity contribution is -0.132. The number of carbonyl (C=O) groups is 3.